The summed E-state index contributed by atoms with van der Waals surface area (Å²) in [6.45, 7) is 2.55. The summed E-state index contributed by atoms with van der Waals surface area (Å²) in [4.78, 5) is 12.2. The van der Waals surface area contributed by atoms with Crippen molar-refractivity contribution in [3.05, 3.63) is 23.8 Å². The molecule has 5 nitrogen and oxygen atoms in total. The molecular formula is C15H25ClN2O3. The molecule has 0 spiro atoms. The zero-order valence-electron chi connectivity index (χ0n) is 12.8. The molecule has 0 bridgehead atoms. The Hall–Kier alpha value is -1.46. The number of nitrogens with two attached hydrogens (primary N) is 1. The highest BCUT2D eigenvalue weighted by Gasteiger charge is 2.14. The third kappa shape index (κ3) is 6.23. The van der Waals surface area contributed by atoms with Crippen LogP contribution in [0.3, 0.4) is 0 Å². The van der Waals surface area contributed by atoms with E-state index < -0.39 is 0 Å². The van der Waals surface area contributed by atoms with E-state index in [0.29, 0.717) is 23.6 Å². The molecule has 0 aliphatic carbocycles. The smallest absolute Gasteiger partial charge is 0.251 e. The van der Waals surface area contributed by atoms with Crippen molar-refractivity contribution < 1.29 is 14.3 Å². The molecule has 1 unspecified atom stereocenters. The third-order valence-corrected chi connectivity index (χ3v) is 3.14. The molecule has 6 heteroatoms. The van der Waals surface area contributed by atoms with Crippen LogP contribution in [0.25, 0.3) is 0 Å². The molecule has 0 aromatic heterocycles. The van der Waals surface area contributed by atoms with Crippen LogP contribution in [0.4, 0.5) is 0 Å². The normalized spacial score (nSPS) is 11.2. The number of carbonyl (C=O) groups is 1. The van der Waals surface area contributed by atoms with E-state index in [1.807, 2.05) is 0 Å². The van der Waals surface area contributed by atoms with E-state index in [0.717, 1.165) is 19.3 Å². The summed E-state index contributed by atoms with van der Waals surface area (Å²) in [6.07, 6.45) is 3.02. The van der Waals surface area contributed by atoms with Gasteiger partial charge in [0.2, 0.25) is 0 Å². The van der Waals surface area contributed by atoms with Crippen LogP contribution in [0.15, 0.2) is 18.2 Å². The van der Waals surface area contributed by atoms with Crippen LogP contribution in [-0.4, -0.2) is 32.7 Å². The third-order valence-electron chi connectivity index (χ3n) is 3.14. The largest absolute Gasteiger partial charge is 0.497 e. The summed E-state index contributed by atoms with van der Waals surface area (Å²) in [5.41, 5.74) is 6.20. The molecule has 1 aromatic rings. The minimum atomic E-state index is -0.159. The average molecular weight is 317 g/mol. The van der Waals surface area contributed by atoms with Gasteiger partial charge in [0.25, 0.3) is 5.91 Å². The molecule has 3 N–H and O–H groups in total. The Bertz CT molecular complexity index is 419. The van der Waals surface area contributed by atoms with Crippen molar-refractivity contribution in [1.29, 1.82) is 0 Å². The van der Waals surface area contributed by atoms with Gasteiger partial charge in [-0.05, 0) is 18.6 Å². The lowest BCUT2D eigenvalue weighted by molar-refractivity contribution is 0.0935. The van der Waals surface area contributed by atoms with Gasteiger partial charge in [0.05, 0.1) is 14.2 Å². The topological polar surface area (TPSA) is 73.6 Å². The number of methoxy groups -OCH3 is 2. The molecule has 21 heavy (non-hydrogen) atoms. The van der Waals surface area contributed by atoms with E-state index >= 15 is 0 Å². The van der Waals surface area contributed by atoms with Crippen molar-refractivity contribution in [1.82, 2.24) is 5.32 Å². The van der Waals surface area contributed by atoms with E-state index in [4.69, 9.17) is 15.2 Å². The Labute approximate surface area is 132 Å². The van der Waals surface area contributed by atoms with Crippen LogP contribution < -0.4 is 20.5 Å². The quantitative estimate of drug-likeness (QED) is 0.772. The SMILES string of the molecule is CCCCC(CN)NC(=O)c1cc(OC)cc(OC)c1.Cl. The van der Waals surface area contributed by atoms with E-state index in [1.165, 1.54) is 0 Å². The Morgan fingerprint density at radius 2 is 1.81 bits per heavy atom. The van der Waals surface area contributed by atoms with Gasteiger partial charge in [0.15, 0.2) is 0 Å². The zero-order valence-corrected chi connectivity index (χ0v) is 13.7. The highest BCUT2D eigenvalue weighted by Crippen LogP contribution is 2.22. The molecule has 1 atom stereocenters. The van der Waals surface area contributed by atoms with Gasteiger partial charge < -0.3 is 20.5 Å². The molecule has 0 fully saturated rings. The number of halogens is 1. The van der Waals surface area contributed by atoms with Crippen molar-refractivity contribution in [3.63, 3.8) is 0 Å². The molecule has 1 rings (SSSR count). The standard InChI is InChI=1S/C15H24N2O3.ClH/c1-4-5-6-12(10-16)17-15(18)11-7-13(19-2)9-14(8-11)20-3;/h7-9,12H,4-6,10,16H2,1-3H3,(H,17,18);1H. The summed E-state index contributed by atoms with van der Waals surface area (Å²) in [5, 5.41) is 2.95. The molecule has 0 aliphatic heterocycles. The number of carbonyl (C=O) groups excluding carboxylic acids is 1. The van der Waals surface area contributed by atoms with Crippen molar-refractivity contribution >= 4 is 18.3 Å². The fourth-order valence-electron chi connectivity index (χ4n) is 1.91. The van der Waals surface area contributed by atoms with Gasteiger partial charge in [-0.1, -0.05) is 19.8 Å². The van der Waals surface area contributed by atoms with Gasteiger partial charge in [0.1, 0.15) is 11.5 Å². The number of unbranched alkanes of at least 4 members (excludes halogenated alkanes) is 1. The number of hydrogen-bond acceptors (Lipinski definition) is 4. The molecule has 120 valence electrons. The number of amides is 1. The van der Waals surface area contributed by atoms with Crippen LogP contribution in [0, 0.1) is 0 Å². The molecule has 1 amide bonds. The van der Waals surface area contributed by atoms with Crippen LogP contribution in [0.1, 0.15) is 36.5 Å². The summed E-state index contributed by atoms with van der Waals surface area (Å²) in [6, 6.07) is 5.10. The molecule has 0 radical (unpaired) electrons. The highest BCUT2D eigenvalue weighted by molar-refractivity contribution is 5.95. The Morgan fingerprint density at radius 1 is 1.24 bits per heavy atom. The number of rotatable bonds is 8. The van der Waals surface area contributed by atoms with E-state index in [1.54, 1.807) is 32.4 Å². The lowest BCUT2D eigenvalue weighted by atomic mass is 10.1. The van der Waals surface area contributed by atoms with Crippen molar-refractivity contribution in [2.75, 3.05) is 20.8 Å². The summed E-state index contributed by atoms with van der Waals surface area (Å²) in [5.74, 6) is 1.02. The lowest BCUT2D eigenvalue weighted by Crippen LogP contribution is -2.40. The van der Waals surface area contributed by atoms with Gasteiger partial charge in [-0.25, -0.2) is 0 Å². The van der Waals surface area contributed by atoms with Crippen LogP contribution >= 0.6 is 12.4 Å². The zero-order chi connectivity index (χ0) is 15.0. The monoisotopic (exact) mass is 316 g/mol. The van der Waals surface area contributed by atoms with Gasteiger partial charge in [-0.15, -0.1) is 12.4 Å². The highest BCUT2D eigenvalue weighted by atomic mass is 35.5. The minimum absolute atomic E-state index is 0. The van der Waals surface area contributed by atoms with Crippen molar-refractivity contribution in [2.24, 2.45) is 5.73 Å². The Kier molecular flexibility index (Phi) is 9.58. The molecular weight excluding hydrogens is 292 g/mol. The summed E-state index contributed by atoms with van der Waals surface area (Å²) < 4.78 is 10.3. The lowest BCUT2D eigenvalue weighted by Gasteiger charge is -2.17. The maximum Gasteiger partial charge on any atom is 0.251 e. The van der Waals surface area contributed by atoms with E-state index in [2.05, 4.69) is 12.2 Å². The molecule has 0 saturated carbocycles. The number of nitrogens with one attached hydrogen (secondary N) is 1. The molecule has 0 saturated heterocycles. The van der Waals surface area contributed by atoms with Crippen LogP contribution in [-0.2, 0) is 0 Å². The first-order valence-electron chi connectivity index (χ1n) is 6.88. The Morgan fingerprint density at radius 3 is 2.24 bits per heavy atom. The van der Waals surface area contributed by atoms with Gasteiger partial charge in [-0.3, -0.25) is 4.79 Å². The summed E-state index contributed by atoms with van der Waals surface area (Å²) in [7, 11) is 3.11. The fraction of sp³-hybridized carbons (Fsp3) is 0.533. The molecule has 0 heterocycles. The van der Waals surface area contributed by atoms with Gasteiger partial charge in [-0.2, -0.15) is 0 Å². The van der Waals surface area contributed by atoms with E-state index in [-0.39, 0.29) is 24.4 Å². The first-order valence-corrected chi connectivity index (χ1v) is 6.88. The number of benzene rings is 1. The van der Waals surface area contributed by atoms with E-state index in [9.17, 15) is 4.79 Å². The maximum absolute atomic E-state index is 12.2. The van der Waals surface area contributed by atoms with Gasteiger partial charge >= 0.3 is 0 Å². The summed E-state index contributed by atoms with van der Waals surface area (Å²) >= 11 is 0. The van der Waals surface area contributed by atoms with Crippen molar-refractivity contribution in [2.45, 2.75) is 32.2 Å². The number of ether oxygens (including phenoxy) is 2. The molecule has 0 aliphatic rings. The minimum Gasteiger partial charge on any atom is -0.497 e. The predicted molar refractivity (Wildman–Crippen MR) is 86.6 cm³/mol. The first kappa shape index (κ1) is 19.5. The maximum atomic E-state index is 12.2. The van der Waals surface area contributed by atoms with Crippen LogP contribution in [0.2, 0.25) is 0 Å². The van der Waals surface area contributed by atoms with Crippen LogP contribution in [0.5, 0.6) is 11.5 Å². The Balaban J connectivity index is 0.00000400. The fourth-order valence-corrected chi connectivity index (χ4v) is 1.91. The second-order valence-electron chi connectivity index (χ2n) is 4.65. The number of hydrogen-bond donors (Lipinski definition) is 2. The van der Waals surface area contributed by atoms with Gasteiger partial charge in [0, 0.05) is 24.2 Å². The second-order valence-corrected chi connectivity index (χ2v) is 4.65. The first-order chi connectivity index (χ1) is 9.64. The average Bonchev–Trinajstić information content (AvgIpc) is 2.50. The molecule has 1 aromatic carbocycles. The van der Waals surface area contributed by atoms with Crippen molar-refractivity contribution in [3.8, 4) is 11.5 Å². The second kappa shape index (κ2) is 10.3. The predicted octanol–water partition coefficient (Wildman–Crippen LogP) is 2.37.